The highest BCUT2D eigenvalue weighted by atomic mass is 19.1. The average Bonchev–Trinajstić information content (AvgIpc) is 2.37. The Bertz CT molecular complexity index is 567. The van der Waals surface area contributed by atoms with Gasteiger partial charge >= 0.3 is 0 Å². The molecule has 0 heterocycles. The van der Waals surface area contributed by atoms with Crippen LogP contribution in [0.5, 0.6) is 0 Å². The molecule has 0 aromatic heterocycles. The van der Waals surface area contributed by atoms with Crippen LogP contribution in [0.15, 0.2) is 36.4 Å². The molecule has 1 nitrogen and oxygen atoms in total. The summed E-state index contributed by atoms with van der Waals surface area (Å²) >= 11 is 0. The number of rotatable bonds is 3. The average molecular weight is 252 g/mol. The fourth-order valence-electron chi connectivity index (χ4n) is 1.90. The predicted octanol–water partition coefficient (Wildman–Crippen LogP) is 3.59. The molecule has 0 amide bonds. The number of hydrogen-bond donors (Lipinski definition) is 1. The zero-order chi connectivity index (χ0) is 13.1. The molecule has 0 radical (unpaired) electrons. The fourth-order valence-corrected chi connectivity index (χ4v) is 1.90. The van der Waals surface area contributed by atoms with E-state index in [-0.39, 0.29) is 17.7 Å². The van der Waals surface area contributed by atoms with Gasteiger partial charge in [-0.2, -0.15) is 0 Å². The van der Waals surface area contributed by atoms with Gasteiger partial charge < -0.3 is 5.11 Å². The Balaban J connectivity index is 2.63. The topological polar surface area (TPSA) is 20.2 Å². The minimum absolute atomic E-state index is 0.124. The molecule has 0 aliphatic carbocycles. The van der Waals surface area contributed by atoms with Crippen molar-refractivity contribution in [1.29, 1.82) is 0 Å². The molecule has 0 saturated carbocycles. The molecule has 0 aliphatic rings. The van der Waals surface area contributed by atoms with E-state index in [9.17, 15) is 13.2 Å². The molecule has 18 heavy (non-hydrogen) atoms. The molecule has 2 aromatic rings. The van der Waals surface area contributed by atoms with Gasteiger partial charge in [0.15, 0.2) is 0 Å². The summed E-state index contributed by atoms with van der Waals surface area (Å²) < 4.78 is 39.5. The maximum atomic E-state index is 13.7. The van der Waals surface area contributed by atoms with Gasteiger partial charge in [0.1, 0.15) is 18.3 Å². The summed E-state index contributed by atoms with van der Waals surface area (Å²) in [7, 11) is 0. The quantitative estimate of drug-likeness (QED) is 0.885. The van der Waals surface area contributed by atoms with Crippen molar-refractivity contribution in [1.82, 2.24) is 0 Å². The highest BCUT2D eigenvalue weighted by Crippen LogP contribution is 2.29. The van der Waals surface area contributed by atoms with Gasteiger partial charge in [-0.15, -0.1) is 0 Å². The Kier molecular flexibility index (Phi) is 3.67. The molecule has 2 rings (SSSR count). The Morgan fingerprint density at radius 1 is 1.00 bits per heavy atom. The van der Waals surface area contributed by atoms with Crippen molar-refractivity contribution in [3.8, 4) is 11.1 Å². The summed E-state index contributed by atoms with van der Waals surface area (Å²) in [5, 5.41) is 9.11. The summed E-state index contributed by atoms with van der Waals surface area (Å²) in [4.78, 5) is 0. The third-order valence-corrected chi connectivity index (χ3v) is 2.80. The molecular formula is C14H11F3O. The van der Waals surface area contributed by atoms with Crippen molar-refractivity contribution in [3.63, 3.8) is 0 Å². The second kappa shape index (κ2) is 5.23. The third-order valence-electron chi connectivity index (χ3n) is 2.80. The minimum Gasteiger partial charge on any atom is -0.392 e. The molecule has 94 valence electrons. The number of benzene rings is 2. The molecule has 1 N–H and O–H groups in total. The molecule has 0 unspecified atom stereocenters. The maximum absolute atomic E-state index is 13.7. The van der Waals surface area contributed by atoms with Gasteiger partial charge in [0, 0.05) is 11.6 Å². The van der Waals surface area contributed by atoms with Gasteiger partial charge in [-0.1, -0.05) is 18.2 Å². The smallest absolute Gasteiger partial charge is 0.133 e. The van der Waals surface area contributed by atoms with Gasteiger partial charge in [-0.05, 0) is 28.8 Å². The van der Waals surface area contributed by atoms with Crippen molar-refractivity contribution < 1.29 is 18.3 Å². The first kappa shape index (κ1) is 12.6. The molecule has 0 fully saturated rings. The van der Waals surface area contributed by atoms with Crippen molar-refractivity contribution in [3.05, 3.63) is 59.2 Å². The van der Waals surface area contributed by atoms with Crippen LogP contribution in [0.2, 0.25) is 0 Å². The molecule has 4 heteroatoms. The van der Waals surface area contributed by atoms with Crippen LogP contribution in [0.1, 0.15) is 11.1 Å². The van der Waals surface area contributed by atoms with Crippen LogP contribution in [0, 0.1) is 11.6 Å². The lowest BCUT2D eigenvalue weighted by Gasteiger charge is -2.11. The third kappa shape index (κ3) is 2.24. The summed E-state index contributed by atoms with van der Waals surface area (Å²) in [5.74, 6) is -1.43. The summed E-state index contributed by atoms with van der Waals surface area (Å²) in [6.07, 6.45) is 0. The maximum Gasteiger partial charge on any atom is 0.133 e. The van der Waals surface area contributed by atoms with E-state index in [0.717, 1.165) is 12.1 Å². The molecule has 2 aromatic carbocycles. The summed E-state index contributed by atoms with van der Waals surface area (Å²) in [6.45, 7) is -1.14. The van der Waals surface area contributed by atoms with Crippen molar-refractivity contribution >= 4 is 0 Å². The molecular weight excluding hydrogens is 241 g/mol. The van der Waals surface area contributed by atoms with Crippen molar-refractivity contribution in [2.45, 2.75) is 13.3 Å². The van der Waals surface area contributed by atoms with Crippen LogP contribution >= 0.6 is 0 Å². The first-order valence-electron chi connectivity index (χ1n) is 5.40. The van der Waals surface area contributed by atoms with E-state index < -0.39 is 18.3 Å². The van der Waals surface area contributed by atoms with Crippen molar-refractivity contribution in [2.75, 3.05) is 0 Å². The monoisotopic (exact) mass is 252 g/mol. The van der Waals surface area contributed by atoms with E-state index in [1.54, 1.807) is 18.2 Å². The lowest BCUT2D eigenvalue weighted by Crippen LogP contribution is -1.97. The van der Waals surface area contributed by atoms with Gasteiger partial charge in [-0.3, -0.25) is 0 Å². The zero-order valence-electron chi connectivity index (χ0n) is 9.46. The highest BCUT2D eigenvalue weighted by molar-refractivity contribution is 5.69. The van der Waals surface area contributed by atoms with Gasteiger partial charge in [0.2, 0.25) is 0 Å². The zero-order valence-corrected chi connectivity index (χ0v) is 9.46. The van der Waals surface area contributed by atoms with E-state index in [1.165, 1.54) is 6.07 Å². The van der Waals surface area contributed by atoms with E-state index in [2.05, 4.69) is 0 Å². The van der Waals surface area contributed by atoms with Crippen molar-refractivity contribution in [2.24, 2.45) is 0 Å². The largest absolute Gasteiger partial charge is 0.392 e. The number of aliphatic hydroxyl groups excluding tert-OH is 1. The van der Waals surface area contributed by atoms with Gasteiger partial charge in [0.25, 0.3) is 0 Å². The van der Waals surface area contributed by atoms with Crippen LogP contribution < -0.4 is 0 Å². The first-order chi connectivity index (χ1) is 8.67. The number of aliphatic hydroxyl groups is 1. The second-order valence-electron chi connectivity index (χ2n) is 3.86. The Hall–Kier alpha value is -1.81. The standard InChI is InChI=1S/C14H11F3O/c15-7-13-9(8-18)2-1-3-11(13)12-5-4-10(16)6-14(12)17/h1-6,18H,7-8H2. The van der Waals surface area contributed by atoms with E-state index >= 15 is 0 Å². The highest BCUT2D eigenvalue weighted by Gasteiger charge is 2.13. The Morgan fingerprint density at radius 2 is 1.78 bits per heavy atom. The first-order valence-corrected chi connectivity index (χ1v) is 5.40. The normalized spacial score (nSPS) is 10.7. The molecule has 0 spiro atoms. The fraction of sp³-hybridized carbons (Fsp3) is 0.143. The summed E-state index contributed by atoms with van der Waals surface area (Å²) in [5.41, 5.74) is 1.09. The second-order valence-corrected chi connectivity index (χ2v) is 3.86. The molecule has 0 aliphatic heterocycles. The number of halogens is 3. The molecule has 0 bridgehead atoms. The molecule has 0 atom stereocenters. The van der Waals surface area contributed by atoms with Crippen LogP contribution in [0.25, 0.3) is 11.1 Å². The Labute approximate surface area is 103 Å². The van der Waals surface area contributed by atoms with E-state index in [4.69, 9.17) is 5.11 Å². The van der Waals surface area contributed by atoms with E-state index in [1.807, 2.05) is 0 Å². The van der Waals surface area contributed by atoms with Gasteiger partial charge in [-0.25, -0.2) is 13.2 Å². The van der Waals surface area contributed by atoms with Crippen LogP contribution in [0.4, 0.5) is 13.2 Å². The van der Waals surface area contributed by atoms with Crippen LogP contribution in [-0.4, -0.2) is 5.11 Å². The lowest BCUT2D eigenvalue weighted by atomic mass is 9.96. The van der Waals surface area contributed by atoms with Crippen LogP contribution in [0.3, 0.4) is 0 Å². The minimum atomic E-state index is -0.817. The SMILES string of the molecule is OCc1cccc(-c2ccc(F)cc2F)c1CF. The predicted molar refractivity (Wildman–Crippen MR) is 62.5 cm³/mol. The summed E-state index contributed by atoms with van der Waals surface area (Å²) in [6, 6.07) is 7.85. The number of alkyl halides is 1. The van der Waals surface area contributed by atoms with E-state index in [0.29, 0.717) is 11.1 Å². The number of hydrogen-bond acceptors (Lipinski definition) is 1. The molecule has 0 saturated heterocycles. The van der Waals surface area contributed by atoms with Gasteiger partial charge in [0.05, 0.1) is 6.61 Å². The lowest BCUT2D eigenvalue weighted by molar-refractivity contribution is 0.279. The Morgan fingerprint density at radius 3 is 2.39 bits per heavy atom. The van der Waals surface area contributed by atoms with Crippen LogP contribution in [-0.2, 0) is 13.3 Å².